The summed E-state index contributed by atoms with van der Waals surface area (Å²) in [5, 5.41) is 8.31. The predicted molar refractivity (Wildman–Crippen MR) is 34.4 cm³/mol. The average Bonchev–Trinajstić information content (AvgIpc) is 1.83. The second kappa shape index (κ2) is 2.84. The van der Waals surface area contributed by atoms with Gasteiger partial charge in [0.1, 0.15) is 6.17 Å². The minimum Gasteiger partial charge on any atom is -0.391 e. The van der Waals surface area contributed by atoms with E-state index in [-0.39, 0.29) is 0 Å². The second-order valence-corrected chi connectivity index (χ2v) is 2.96. The van der Waals surface area contributed by atoms with E-state index in [0.717, 1.165) is 6.42 Å². The Morgan fingerprint density at radius 1 is 1.44 bits per heavy atom. The van der Waals surface area contributed by atoms with E-state index >= 15 is 0 Å². The summed E-state index contributed by atoms with van der Waals surface area (Å²) in [5.74, 6) is 0. The SMILES string of the molecule is OC1CCCC(F)C1Cl. The van der Waals surface area contributed by atoms with Crippen LogP contribution in [0.3, 0.4) is 0 Å². The molecule has 0 aromatic heterocycles. The van der Waals surface area contributed by atoms with E-state index in [4.69, 9.17) is 16.7 Å². The minimum absolute atomic E-state index is 0.505. The number of halogens is 2. The Morgan fingerprint density at radius 3 is 2.56 bits per heavy atom. The molecule has 3 unspecified atom stereocenters. The molecule has 1 N–H and O–H groups in total. The minimum atomic E-state index is -1.00. The quantitative estimate of drug-likeness (QED) is 0.522. The second-order valence-electron chi connectivity index (χ2n) is 2.46. The molecule has 0 saturated heterocycles. The van der Waals surface area contributed by atoms with Gasteiger partial charge < -0.3 is 5.11 Å². The molecule has 54 valence electrons. The summed E-state index contributed by atoms with van der Waals surface area (Å²) in [4.78, 5) is 0. The highest BCUT2D eigenvalue weighted by Gasteiger charge is 2.29. The van der Waals surface area contributed by atoms with Crippen LogP contribution in [0.2, 0.25) is 0 Å². The lowest BCUT2D eigenvalue weighted by molar-refractivity contribution is 0.0891. The molecule has 0 amide bonds. The van der Waals surface area contributed by atoms with E-state index in [9.17, 15) is 4.39 Å². The molecule has 0 aromatic carbocycles. The summed E-state index contributed by atoms with van der Waals surface area (Å²) < 4.78 is 12.5. The number of hydrogen-bond acceptors (Lipinski definition) is 1. The topological polar surface area (TPSA) is 20.2 Å². The number of hydrogen-bond donors (Lipinski definition) is 1. The normalized spacial score (nSPS) is 45.0. The number of alkyl halides is 2. The molecular formula is C6H10ClFO. The Balaban J connectivity index is 2.41. The zero-order valence-corrected chi connectivity index (χ0v) is 5.81. The van der Waals surface area contributed by atoms with Crippen molar-refractivity contribution in [2.75, 3.05) is 0 Å². The molecule has 0 bridgehead atoms. The van der Waals surface area contributed by atoms with Gasteiger partial charge in [0.15, 0.2) is 0 Å². The Morgan fingerprint density at radius 2 is 2.11 bits per heavy atom. The number of rotatable bonds is 0. The van der Waals surface area contributed by atoms with Gasteiger partial charge in [-0.15, -0.1) is 11.6 Å². The van der Waals surface area contributed by atoms with Gasteiger partial charge in [0, 0.05) is 0 Å². The van der Waals surface area contributed by atoms with Gasteiger partial charge in [-0.2, -0.15) is 0 Å². The molecule has 3 heteroatoms. The van der Waals surface area contributed by atoms with Gasteiger partial charge in [-0.25, -0.2) is 4.39 Å². The Labute approximate surface area is 58.8 Å². The maximum absolute atomic E-state index is 12.5. The highest BCUT2D eigenvalue weighted by molar-refractivity contribution is 6.21. The summed E-state index contributed by atoms with van der Waals surface area (Å²) in [5.41, 5.74) is 0. The zero-order valence-electron chi connectivity index (χ0n) is 5.06. The van der Waals surface area contributed by atoms with Gasteiger partial charge in [-0.3, -0.25) is 0 Å². The molecule has 1 rings (SSSR count). The van der Waals surface area contributed by atoms with Crippen molar-refractivity contribution in [3.05, 3.63) is 0 Å². The predicted octanol–water partition coefficient (Wildman–Crippen LogP) is 1.48. The molecule has 1 aliphatic carbocycles. The van der Waals surface area contributed by atoms with Crippen molar-refractivity contribution in [3.8, 4) is 0 Å². The molecule has 0 aromatic rings. The first-order valence-electron chi connectivity index (χ1n) is 3.18. The third kappa shape index (κ3) is 1.55. The zero-order chi connectivity index (χ0) is 6.85. The summed E-state index contributed by atoms with van der Waals surface area (Å²) in [7, 11) is 0. The van der Waals surface area contributed by atoms with Gasteiger partial charge in [-0.05, 0) is 19.3 Å². The fourth-order valence-corrected chi connectivity index (χ4v) is 1.33. The van der Waals surface area contributed by atoms with Crippen molar-refractivity contribution < 1.29 is 9.50 Å². The van der Waals surface area contributed by atoms with Gasteiger partial charge in [-0.1, -0.05) is 0 Å². The van der Waals surface area contributed by atoms with Crippen LogP contribution >= 0.6 is 11.6 Å². The first-order chi connectivity index (χ1) is 4.22. The maximum atomic E-state index is 12.5. The van der Waals surface area contributed by atoms with Crippen LogP contribution in [0.25, 0.3) is 0 Å². The third-order valence-electron chi connectivity index (χ3n) is 1.69. The van der Waals surface area contributed by atoms with Crippen LogP contribution in [-0.2, 0) is 0 Å². The van der Waals surface area contributed by atoms with Crippen molar-refractivity contribution in [1.29, 1.82) is 0 Å². The fraction of sp³-hybridized carbons (Fsp3) is 1.00. The summed E-state index contributed by atoms with van der Waals surface area (Å²) in [6.07, 6.45) is 0.275. The molecule has 0 heterocycles. The lowest BCUT2D eigenvalue weighted by Crippen LogP contribution is -2.34. The highest BCUT2D eigenvalue weighted by atomic mass is 35.5. The van der Waals surface area contributed by atoms with Crippen LogP contribution in [0.15, 0.2) is 0 Å². The van der Waals surface area contributed by atoms with E-state index in [2.05, 4.69) is 0 Å². The largest absolute Gasteiger partial charge is 0.391 e. The first-order valence-corrected chi connectivity index (χ1v) is 3.61. The molecule has 0 spiro atoms. The van der Waals surface area contributed by atoms with E-state index in [1.807, 2.05) is 0 Å². The summed E-state index contributed by atoms with van der Waals surface area (Å²) >= 11 is 5.49. The van der Waals surface area contributed by atoms with E-state index in [0.29, 0.717) is 12.8 Å². The van der Waals surface area contributed by atoms with Crippen LogP contribution in [0, 0.1) is 0 Å². The maximum Gasteiger partial charge on any atom is 0.119 e. The molecular weight excluding hydrogens is 143 g/mol. The number of aliphatic hydroxyl groups is 1. The monoisotopic (exact) mass is 152 g/mol. The Hall–Kier alpha value is 0.180. The smallest absolute Gasteiger partial charge is 0.119 e. The fourth-order valence-electron chi connectivity index (χ4n) is 1.08. The van der Waals surface area contributed by atoms with Crippen LogP contribution in [0.5, 0.6) is 0 Å². The van der Waals surface area contributed by atoms with Crippen LogP contribution in [0.1, 0.15) is 19.3 Å². The van der Waals surface area contributed by atoms with Crippen molar-refractivity contribution in [1.82, 2.24) is 0 Å². The molecule has 1 aliphatic rings. The molecule has 1 saturated carbocycles. The van der Waals surface area contributed by atoms with E-state index < -0.39 is 17.7 Å². The lowest BCUT2D eigenvalue weighted by Gasteiger charge is -2.25. The Bertz CT molecular complexity index is 89.1. The highest BCUT2D eigenvalue weighted by Crippen LogP contribution is 2.25. The van der Waals surface area contributed by atoms with Gasteiger partial charge in [0.25, 0.3) is 0 Å². The standard InChI is InChI=1S/C6H10ClFO/c7-6-4(8)2-1-3-5(6)9/h4-6,9H,1-3H2. The molecule has 0 radical (unpaired) electrons. The van der Waals surface area contributed by atoms with Gasteiger partial charge >= 0.3 is 0 Å². The van der Waals surface area contributed by atoms with Gasteiger partial charge in [0.05, 0.1) is 11.5 Å². The first kappa shape index (κ1) is 7.29. The van der Waals surface area contributed by atoms with Gasteiger partial charge in [0.2, 0.25) is 0 Å². The van der Waals surface area contributed by atoms with Crippen LogP contribution in [0.4, 0.5) is 4.39 Å². The summed E-state index contributed by atoms with van der Waals surface area (Å²) in [6.45, 7) is 0. The molecule has 1 fully saturated rings. The third-order valence-corrected chi connectivity index (χ3v) is 2.26. The summed E-state index contributed by atoms with van der Waals surface area (Å²) in [6, 6.07) is 0. The molecule has 3 atom stereocenters. The van der Waals surface area contributed by atoms with Crippen molar-refractivity contribution in [2.45, 2.75) is 36.9 Å². The van der Waals surface area contributed by atoms with Crippen molar-refractivity contribution >= 4 is 11.6 Å². The van der Waals surface area contributed by atoms with Crippen molar-refractivity contribution in [3.63, 3.8) is 0 Å². The number of aliphatic hydroxyl groups excluding tert-OH is 1. The van der Waals surface area contributed by atoms with Crippen molar-refractivity contribution in [2.24, 2.45) is 0 Å². The van der Waals surface area contributed by atoms with E-state index in [1.54, 1.807) is 0 Å². The molecule has 0 aliphatic heterocycles. The molecule has 1 nitrogen and oxygen atoms in total. The lowest BCUT2D eigenvalue weighted by atomic mass is 9.96. The molecule has 9 heavy (non-hydrogen) atoms. The Kier molecular flexibility index (Phi) is 2.30. The van der Waals surface area contributed by atoms with E-state index in [1.165, 1.54) is 0 Å². The van der Waals surface area contributed by atoms with Crippen LogP contribution < -0.4 is 0 Å². The van der Waals surface area contributed by atoms with Crippen LogP contribution in [-0.4, -0.2) is 22.8 Å². The average molecular weight is 153 g/mol.